The Morgan fingerprint density at radius 3 is 3.04 bits per heavy atom. The number of benzene rings is 1. The average Bonchev–Trinajstić information content (AvgIpc) is 3.19. The SMILES string of the molecule is O=C(CCn1cnc2ccccc2c1=O)N1C[C@H]2COC[C@@]2(CO)C1. The van der Waals surface area contributed by atoms with Crippen LogP contribution in [0.2, 0.25) is 0 Å². The van der Waals surface area contributed by atoms with Crippen LogP contribution >= 0.6 is 0 Å². The van der Waals surface area contributed by atoms with Crippen molar-refractivity contribution in [2.45, 2.75) is 13.0 Å². The topological polar surface area (TPSA) is 84.7 Å². The van der Waals surface area contributed by atoms with Gasteiger partial charge in [0.15, 0.2) is 0 Å². The molecule has 0 aliphatic carbocycles. The van der Waals surface area contributed by atoms with Gasteiger partial charge in [-0.3, -0.25) is 14.2 Å². The molecule has 7 nitrogen and oxygen atoms in total. The Balaban J connectivity index is 1.45. The number of hydrogen-bond donors (Lipinski definition) is 1. The molecule has 2 aliphatic heterocycles. The van der Waals surface area contributed by atoms with Crippen LogP contribution in [-0.2, 0) is 16.1 Å². The number of nitrogens with zero attached hydrogens (tertiary/aromatic N) is 3. The van der Waals surface area contributed by atoms with Crippen LogP contribution in [0.4, 0.5) is 0 Å². The molecule has 0 bridgehead atoms. The number of aryl methyl sites for hydroxylation is 1. The van der Waals surface area contributed by atoms with E-state index in [9.17, 15) is 14.7 Å². The van der Waals surface area contributed by atoms with Gasteiger partial charge in [0.1, 0.15) is 0 Å². The van der Waals surface area contributed by atoms with Crippen LogP contribution in [0, 0.1) is 11.3 Å². The second kappa shape index (κ2) is 6.24. The molecular formula is C18H21N3O4. The number of aliphatic hydroxyl groups excluding tert-OH is 1. The number of ether oxygens (including phenoxy) is 1. The molecule has 2 aliphatic rings. The van der Waals surface area contributed by atoms with Crippen molar-refractivity contribution in [3.63, 3.8) is 0 Å². The van der Waals surface area contributed by atoms with E-state index < -0.39 is 0 Å². The molecule has 0 radical (unpaired) electrons. The lowest BCUT2D eigenvalue weighted by atomic mass is 9.82. The molecule has 1 aromatic heterocycles. The molecule has 7 heteroatoms. The molecule has 2 aromatic rings. The third kappa shape index (κ3) is 2.73. The molecule has 132 valence electrons. The molecule has 0 unspecified atom stereocenters. The smallest absolute Gasteiger partial charge is 0.261 e. The second-order valence-electron chi connectivity index (χ2n) is 7.02. The summed E-state index contributed by atoms with van der Waals surface area (Å²) in [5, 5.41) is 10.3. The molecule has 25 heavy (non-hydrogen) atoms. The average molecular weight is 343 g/mol. The highest BCUT2D eigenvalue weighted by Crippen LogP contribution is 2.40. The van der Waals surface area contributed by atoms with Gasteiger partial charge in [0, 0.05) is 37.4 Å². The van der Waals surface area contributed by atoms with E-state index >= 15 is 0 Å². The summed E-state index contributed by atoms with van der Waals surface area (Å²) in [6, 6.07) is 7.19. The van der Waals surface area contributed by atoms with E-state index in [1.54, 1.807) is 23.1 Å². The van der Waals surface area contributed by atoms with Gasteiger partial charge in [-0.2, -0.15) is 0 Å². The van der Waals surface area contributed by atoms with E-state index in [-0.39, 0.29) is 35.8 Å². The summed E-state index contributed by atoms with van der Waals surface area (Å²) in [5.41, 5.74) is 0.223. The zero-order chi connectivity index (χ0) is 17.4. The van der Waals surface area contributed by atoms with Crippen molar-refractivity contribution in [3.8, 4) is 0 Å². The first-order valence-electron chi connectivity index (χ1n) is 8.53. The van der Waals surface area contributed by atoms with Crippen molar-refractivity contribution in [1.29, 1.82) is 0 Å². The van der Waals surface area contributed by atoms with Gasteiger partial charge in [0.2, 0.25) is 5.91 Å². The van der Waals surface area contributed by atoms with Crippen LogP contribution in [-0.4, -0.2) is 58.4 Å². The Labute approximate surface area is 144 Å². The maximum atomic E-state index is 12.6. The standard InChI is InChI=1S/C18H21N3O4/c22-10-18-9-21(7-13(18)8-25-11-18)16(23)5-6-20-12-19-15-4-2-1-3-14(15)17(20)24/h1-4,12-13,22H,5-11H2/t13-,18-/m0/s1. The predicted molar refractivity (Wildman–Crippen MR) is 91.0 cm³/mol. The van der Waals surface area contributed by atoms with E-state index in [1.807, 2.05) is 6.07 Å². The van der Waals surface area contributed by atoms with E-state index in [4.69, 9.17) is 4.74 Å². The van der Waals surface area contributed by atoms with Gasteiger partial charge < -0.3 is 14.7 Å². The van der Waals surface area contributed by atoms with Gasteiger partial charge >= 0.3 is 0 Å². The van der Waals surface area contributed by atoms with Gasteiger partial charge in [-0.15, -0.1) is 0 Å². The quantitative estimate of drug-likeness (QED) is 0.860. The Morgan fingerprint density at radius 1 is 1.40 bits per heavy atom. The largest absolute Gasteiger partial charge is 0.396 e. The number of aliphatic hydroxyl groups is 1. The lowest BCUT2D eigenvalue weighted by molar-refractivity contribution is -0.131. The number of carbonyl (C=O) groups excluding carboxylic acids is 1. The summed E-state index contributed by atoms with van der Waals surface area (Å²) in [5.74, 6) is 0.203. The first-order chi connectivity index (χ1) is 12.1. The van der Waals surface area contributed by atoms with Crippen LogP contribution in [0.5, 0.6) is 0 Å². The van der Waals surface area contributed by atoms with E-state index in [2.05, 4.69) is 4.98 Å². The van der Waals surface area contributed by atoms with Crippen molar-refractivity contribution in [3.05, 3.63) is 40.9 Å². The molecule has 1 N–H and O–H groups in total. The number of para-hydroxylation sites is 1. The van der Waals surface area contributed by atoms with Crippen molar-refractivity contribution in [1.82, 2.24) is 14.5 Å². The molecule has 1 aromatic carbocycles. The fraction of sp³-hybridized carbons (Fsp3) is 0.500. The molecule has 0 saturated carbocycles. The number of fused-ring (bicyclic) bond motifs is 2. The minimum Gasteiger partial charge on any atom is -0.396 e. The van der Waals surface area contributed by atoms with Gasteiger partial charge in [0.25, 0.3) is 5.56 Å². The second-order valence-corrected chi connectivity index (χ2v) is 7.02. The van der Waals surface area contributed by atoms with Crippen LogP contribution in [0.15, 0.2) is 35.4 Å². The van der Waals surface area contributed by atoms with Crippen LogP contribution in [0.25, 0.3) is 10.9 Å². The summed E-state index contributed by atoms with van der Waals surface area (Å²) >= 11 is 0. The van der Waals surface area contributed by atoms with Crippen molar-refractivity contribution < 1.29 is 14.6 Å². The third-order valence-corrected chi connectivity index (χ3v) is 5.49. The zero-order valence-electron chi connectivity index (χ0n) is 13.9. The highest BCUT2D eigenvalue weighted by atomic mass is 16.5. The summed E-state index contributed by atoms with van der Waals surface area (Å²) in [6.07, 6.45) is 1.74. The number of carbonyl (C=O) groups is 1. The van der Waals surface area contributed by atoms with E-state index in [0.29, 0.717) is 43.8 Å². The lowest BCUT2D eigenvalue weighted by Gasteiger charge is -2.24. The number of aromatic nitrogens is 2. The molecular weight excluding hydrogens is 322 g/mol. The van der Waals surface area contributed by atoms with Crippen molar-refractivity contribution >= 4 is 16.8 Å². The summed E-state index contributed by atoms with van der Waals surface area (Å²) in [4.78, 5) is 31.1. The van der Waals surface area contributed by atoms with Crippen molar-refractivity contribution in [2.75, 3.05) is 32.9 Å². The zero-order valence-corrected chi connectivity index (χ0v) is 13.9. The Morgan fingerprint density at radius 2 is 2.24 bits per heavy atom. The number of likely N-dealkylation sites (tertiary alicyclic amines) is 1. The lowest BCUT2D eigenvalue weighted by Crippen LogP contribution is -2.36. The van der Waals surface area contributed by atoms with E-state index in [1.165, 1.54) is 10.9 Å². The first kappa shape index (κ1) is 16.2. The fourth-order valence-corrected chi connectivity index (χ4v) is 3.89. The van der Waals surface area contributed by atoms with Gasteiger partial charge in [-0.25, -0.2) is 4.98 Å². The molecule has 2 atom stereocenters. The third-order valence-electron chi connectivity index (χ3n) is 5.49. The maximum Gasteiger partial charge on any atom is 0.261 e. The molecule has 2 fully saturated rings. The number of hydrogen-bond acceptors (Lipinski definition) is 5. The Hall–Kier alpha value is -2.25. The highest BCUT2D eigenvalue weighted by molar-refractivity contribution is 5.78. The monoisotopic (exact) mass is 343 g/mol. The number of amides is 1. The molecule has 0 spiro atoms. The molecule has 4 rings (SSSR count). The van der Waals surface area contributed by atoms with Crippen LogP contribution in [0.3, 0.4) is 0 Å². The highest BCUT2D eigenvalue weighted by Gasteiger charge is 2.51. The summed E-state index contributed by atoms with van der Waals surface area (Å²) in [6.45, 7) is 2.58. The minimum atomic E-state index is -0.309. The normalized spacial score (nSPS) is 25.5. The molecule has 2 saturated heterocycles. The predicted octanol–water partition coefficient (Wildman–Crippen LogP) is 0.254. The van der Waals surface area contributed by atoms with E-state index in [0.717, 1.165) is 0 Å². The van der Waals surface area contributed by atoms with Crippen LogP contribution in [0.1, 0.15) is 6.42 Å². The van der Waals surface area contributed by atoms with Gasteiger partial charge in [-0.05, 0) is 12.1 Å². The van der Waals surface area contributed by atoms with Crippen molar-refractivity contribution in [2.24, 2.45) is 11.3 Å². The summed E-state index contributed by atoms with van der Waals surface area (Å²) < 4.78 is 6.96. The van der Waals surface area contributed by atoms with Crippen LogP contribution < -0.4 is 5.56 Å². The fourth-order valence-electron chi connectivity index (χ4n) is 3.89. The Bertz CT molecular complexity index is 865. The van der Waals surface area contributed by atoms with Gasteiger partial charge in [0.05, 0.1) is 37.1 Å². The molecule has 3 heterocycles. The summed E-state index contributed by atoms with van der Waals surface area (Å²) in [7, 11) is 0. The Kier molecular flexibility index (Phi) is 4.05. The minimum absolute atomic E-state index is 0.00211. The maximum absolute atomic E-state index is 12.6. The van der Waals surface area contributed by atoms with Gasteiger partial charge in [-0.1, -0.05) is 12.1 Å². The molecule has 1 amide bonds. The first-order valence-corrected chi connectivity index (χ1v) is 8.53. The number of rotatable bonds is 4.